The van der Waals surface area contributed by atoms with E-state index in [1.807, 2.05) is 0 Å². The van der Waals surface area contributed by atoms with Crippen LogP contribution < -0.4 is 0 Å². The van der Waals surface area contributed by atoms with Crippen LogP contribution in [0.1, 0.15) is 20.8 Å². The molecule has 0 saturated heterocycles. The fraction of sp³-hybridized carbons (Fsp3) is 1.00. The average molecular weight is 137 g/mol. The predicted molar refractivity (Wildman–Crippen MR) is 30.7 cm³/mol. The molecule has 0 rings (SSSR count). The Morgan fingerprint density at radius 3 is 1.88 bits per heavy atom. The SMILES string of the molecule is CC(C)(C)O[P](=O)O. The third-order valence-electron chi connectivity index (χ3n) is 0.352. The van der Waals surface area contributed by atoms with Crippen molar-refractivity contribution in [3.8, 4) is 0 Å². The quantitative estimate of drug-likeness (QED) is 0.556. The highest BCUT2D eigenvalue weighted by atomic mass is 31.1. The lowest BCUT2D eigenvalue weighted by atomic mass is 10.2. The summed E-state index contributed by atoms with van der Waals surface area (Å²) in [6, 6.07) is 0. The van der Waals surface area contributed by atoms with Gasteiger partial charge in [0.25, 0.3) is 0 Å². The first-order chi connectivity index (χ1) is 3.42. The van der Waals surface area contributed by atoms with E-state index in [1.54, 1.807) is 20.8 Å². The molecular weight excluding hydrogens is 127 g/mol. The molecule has 0 fully saturated rings. The lowest BCUT2D eigenvalue weighted by Gasteiger charge is -2.14. The van der Waals surface area contributed by atoms with Gasteiger partial charge in [-0.1, -0.05) is 0 Å². The minimum Gasteiger partial charge on any atom is -0.298 e. The molecule has 0 bridgehead atoms. The molecule has 0 aromatic heterocycles. The van der Waals surface area contributed by atoms with E-state index >= 15 is 0 Å². The molecule has 0 aromatic carbocycles. The molecule has 4 heteroatoms. The second-order valence-electron chi connectivity index (χ2n) is 2.44. The molecule has 0 spiro atoms. The van der Waals surface area contributed by atoms with Crippen LogP contribution in [0.5, 0.6) is 0 Å². The monoisotopic (exact) mass is 137 g/mol. The van der Waals surface area contributed by atoms with Gasteiger partial charge in [0.05, 0.1) is 5.60 Å². The van der Waals surface area contributed by atoms with Gasteiger partial charge in [0, 0.05) is 0 Å². The van der Waals surface area contributed by atoms with E-state index in [2.05, 4.69) is 4.52 Å². The van der Waals surface area contributed by atoms with E-state index in [4.69, 9.17) is 4.89 Å². The molecule has 0 aliphatic rings. The maximum absolute atomic E-state index is 9.94. The standard InChI is InChI=1S/C4H10O3P/c1-4(2,3)7-8(5)6/h1-3H3,(H,5,6). The molecule has 0 aliphatic heterocycles. The third kappa shape index (κ3) is 6.02. The zero-order chi connectivity index (χ0) is 6.78. The van der Waals surface area contributed by atoms with Gasteiger partial charge >= 0.3 is 8.25 Å². The lowest BCUT2D eigenvalue weighted by molar-refractivity contribution is 0.123. The Kier molecular flexibility index (Phi) is 2.54. The summed E-state index contributed by atoms with van der Waals surface area (Å²) in [5.41, 5.74) is -0.512. The molecule has 49 valence electrons. The van der Waals surface area contributed by atoms with E-state index < -0.39 is 13.9 Å². The van der Waals surface area contributed by atoms with Crippen LogP contribution in [-0.2, 0) is 9.09 Å². The van der Waals surface area contributed by atoms with Gasteiger partial charge in [0.2, 0.25) is 0 Å². The molecule has 0 aliphatic carbocycles. The first kappa shape index (κ1) is 8.02. The molecule has 1 radical (unpaired) electrons. The van der Waals surface area contributed by atoms with Crippen molar-refractivity contribution < 1.29 is 14.0 Å². The molecule has 0 saturated carbocycles. The van der Waals surface area contributed by atoms with Crippen molar-refractivity contribution in [1.29, 1.82) is 0 Å². The van der Waals surface area contributed by atoms with Gasteiger partial charge in [-0.25, -0.2) is 4.57 Å². The van der Waals surface area contributed by atoms with Crippen molar-refractivity contribution in [3.05, 3.63) is 0 Å². The fourth-order valence-corrected chi connectivity index (χ4v) is 0.703. The third-order valence-corrected chi connectivity index (χ3v) is 1.06. The zero-order valence-electron chi connectivity index (χ0n) is 5.21. The number of rotatable bonds is 1. The van der Waals surface area contributed by atoms with E-state index in [0.29, 0.717) is 0 Å². The summed E-state index contributed by atoms with van der Waals surface area (Å²) in [5, 5.41) is 0. The van der Waals surface area contributed by atoms with Gasteiger partial charge in [-0.3, -0.25) is 9.42 Å². The predicted octanol–water partition coefficient (Wildman–Crippen LogP) is 1.45. The summed E-state index contributed by atoms with van der Waals surface area (Å²) in [6.07, 6.45) is 0. The normalized spacial score (nSPS) is 13.8. The van der Waals surface area contributed by atoms with E-state index in [-0.39, 0.29) is 0 Å². The minimum atomic E-state index is -2.44. The Bertz CT molecular complexity index is 93.9. The van der Waals surface area contributed by atoms with E-state index in [1.165, 1.54) is 0 Å². The Morgan fingerprint density at radius 2 is 1.88 bits per heavy atom. The highest BCUT2D eigenvalue weighted by molar-refractivity contribution is 7.32. The number of hydrogen-bond donors (Lipinski definition) is 1. The van der Waals surface area contributed by atoms with Gasteiger partial charge in [-0.2, -0.15) is 0 Å². The fourth-order valence-electron chi connectivity index (χ4n) is 0.234. The Labute approximate surface area is 49.6 Å². The Hall–Kier alpha value is 0.0200. The molecule has 1 unspecified atom stereocenters. The minimum absolute atomic E-state index is 0.512. The van der Waals surface area contributed by atoms with Gasteiger partial charge in [-0.15, -0.1) is 0 Å². The van der Waals surface area contributed by atoms with Crippen LogP contribution in [0.3, 0.4) is 0 Å². The summed E-state index contributed by atoms with van der Waals surface area (Å²) >= 11 is 0. The van der Waals surface area contributed by atoms with Gasteiger partial charge in [0.15, 0.2) is 0 Å². The first-order valence-corrected chi connectivity index (χ1v) is 3.40. The van der Waals surface area contributed by atoms with Crippen molar-refractivity contribution in [2.75, 3.05) is 0 Å². The second-order valence-corrected chi connectivity index (χ2v) is 3.10. The van der Waals surface area contributed by atoms with Crippen LogP contribution in [0.2, 0.25) is 0 Å². The molecule has 1 atom stereocenters. The van der Waals surface area contributed by atoms with Crippen molar-refractivity contribution in [1.82, 2.24) is 0 Å². The molecule has 8 heavy (non-hydrogen) atoms. The van der Waals surface area contributed by atoms with Gasteiger partial charge in [0.1, 0.15) is 0 Å². The highest BCUT2D eigenvalue weighted by Gasteiger charge is 2.13. The largest absolute Gasteiger partial charge is 0.366 e. The van der Waals surface area contributed by atoms with Crippen LogP contribution in [0.15, 0.2) is 0 Å². The highest BCUT2D eigenvalue weighted by Crippen LogP contribution is 2.24. The molecular formula is C4H10O3P. The van der Waals surface area contributed by atoms with Crippen molar-refractivity contribution in [2.45, 2.75) is 26.4 Å². The maximum Gasteiger partial charge on any atom is 0.366 e. The molecule has 0 heterocycles. The number of hydrogen-bond acceptors (Lipinski definition) is 2. The van der Waals surface area contributed by atoms with Crippen molar-refractivity contribution in [2.24, 2.45) is 0 Å². The zero-order valence-corrected chi connectivity index (χ0v) is 6.11. The van der Waals surface area contributed by atoms with Gasteiger partial charge in [-0.05, 0) is 20.8 Å². The summed E-state index contributed by atoms with van der Waals surface area (Å²) in [4.78, 5) is 8.18. The van der Waals surface area contributed by atoms with Crippen LogP contribution in [0.25, 0.3) is 0 Å². The molecule has 0 amide bonds. The Balaban J connectivity index is 3.55. The average Bonchev–Trinajstić information content (AvgIpc) is 1.21. The lowest BCUT2D eigenvalue weighted by Crippen LogP contribution is -2.14. The van der Waals surface area contributed by atoms with Crippen LogP contribution in [0.4, 0.5) is 0 Å². The Morgan fingerprint density at radius 1 is 1.50 bits per heavy atom. The van der Waals surface area contributed by atoms with Crippen molar-refractivity contribution in [3.63, 3.8) is 0 Å². The van der Waals surface area contributed by atoms with E-state index in [9.17, 15) is 4.57 Å². The summed E-state index contributed by atoms with van der Waals surface area (Å²) < 4.78 is 14.4. The first-order valence-electron chi connectivity index (χ1n) is 2.27. The second kappa shape index (κ2) is 2.53. The molecule has 0 aromatic rings. The van der Waals surface area contributed by atoms with Crippen LogP contribution in [0, 0.1) is 0 Å². The van der Waals surface area contributed by atoms with Crippen molar-refractivity contribution >= 4 is 8.25 Å². The summed E-state index contributed by atoms with van der Waals surface area (Å²) in [7, 11) is -2.44. The maximum atomic E-state index is 9.94. The van der Waals surface area contributed by atoms with Crippen LogP contribution >= 0.6 is 8.25 Å². The summed E-state index contributed by atoms with van der Waals surface area (Å²) in [5.74, 6) is 0. The smallest absolute Gasteiger partial charge is 0.298 e. The summed E-state index contributed by atoms with van der Waals surface area (Å²) in [6.45, 7) is 5.16. The topological polar surface area (TPSA) is 46.5 Å². The molecule has 1 N–H and O–H groups in total. The van der Waals surface area contributed by atoms with E-state index in [0.717, 1.165) is 0 Å². The molecule has 3 nitrogen and oxygen atoms in total. The van der Waals surface area contributed by atoms with Crippen LogP contribution in [-0.4, -0.2) is 10.5 Å². The van der Waals surface area contributed by atoms with Gasteiger partial charge < -0.3 is 0 Å².